The number of para-hydroxylation sites is 1. The Morgan fingerprint density at radius 1 is 1.14 bits per heavy atom. The fraction of sp³-hybridized carbons (Fsp3) is 0.176. The highest BCUT2D eigenvalue weighted by molar-refractivity contribution is 5.86. The zero-order valence-corrected chi connectivity index (χ0v) is 11.9. The Labute approximate surface area is 128 Å². The molecule has 2 aromatic carbocycles. The molecule has 1 heterocycles. The van der Waals surface area contributed by atoms with Gasteiger partial charge in [-0.15, -0.1) is 0 Å². The molecule has 0 radical (unpaired) electrons. The van der Waals surface area contributed by atoms with Crippen molar-refractivity contribution in [1.29, 1.82) is 0 Å². The van der Waals surface area contributed by atoms with Crippen LogP contribution in [0.15, 0.2) is 54.6 Å². The highest BCUT2D eigenvalue weighted by atomic mass is 16.6. The minimum atomic E-state index is -0.733. The number of rotatable bonds is 4. The van der Waals surface area contributed by atoms with Crippen molar-refractivity contribution in [1.82, 2.24) is 4.90 Å². The van der Waals surface area contributed by atoms with Gasteiger partial charge in [0, 0.05) is 12.0 Å². The smallest absolute Gasteiger partial charge is 0.410 e. The molecule has 2 aromatic rings. The quantitative estimate of drug-likeness (QED) is 0.939. The third-order valence-corrected chi connectivity index (χ3v) is 3.72. The van der Waals surface area contributed by atoms with Gasteiger partial charge in [0.2, 0.25) is 5.91 Å². The maximum Gasteiger partial charge on any atom is 0.416 e. The zero-order chi connectivity index (χ0) is 15.5. The minimum Gasteiger partial charge on any atom is -0.410 e. The van der Waals surface area contributed by atoms with Gasteiger partial charge >= 0.3 is 6.09 Å². The summed E-state index contributed by atoms with van der Waals surface area (Å²) < 4.78 is 5.29. The first-order valence-electron chi connectivity index (χ1n) is 7.05. The summed E-state index contributed by atoms with van der Waals surface area (Å²) in [7, 11) is 0. The van der Waals surface area contributed by atoms with E-state index >= 15 is 0 Å². The van der Waals surface area contributed by atoms with Gasteiger partial charge in [-0.05, 0) is 11.6 Å². The van der Waals surface area contributed by atoms with Crippen molar-refractivity contribution in [2.45, 2.75) is 19.0 Å². The molecule has 112 valence electrons. The van der Waals surface area contributed by atoms with Gasteiger partial charge in [0.15, 0.2) is 0 Å². The average molecular weight is 296 g/mol. The van der Waals surface area contributed by atoms with Crippen molar-refractivity contribution in [2.24, 2.45) is 5.73 Å². The van der Waals surface area contributed by atoms with Crippen LogP contribution in [0.25, 0.3) is 0 Å². The van der Waals surface area contributed by atoms with E-state index in [2.05, 4.69) is 0 Å². The standard InChI is InChI=1S/C17H16N2O3/c18-16(20)14(10-12-6-2-1-3-7-12)19-11-13-8-4-5-9-15(13)22-17(19)21/h1-9,14H,10-11H2,(H2,18,20). The molecular weight excluding hydrogens is 280 g/mol. The molecule has 1 aliphatic heterocycles. The molecular formula is C17H16N2O3. The van der Waals surface area contributed by atoms with Crippen LogP contribution in [0.4, 0.5) is 4.79 Å². The van der Waals surface area contributed by atoms with Crippen molar-refractivity contribution in [3.63, 3.8) is 0 Å². The first-order valence-corrected chi connectivity index (χ1v) is 7.05. The largest absolute Gasteiger partial charge is 0.416 e. The van der Waals surface area contributed by atoms with E-state index in [0.717, 1.165) is 11.1 Å². The molecule has 0 aromatic heterocycles. The average Bonchev–Trinajstić information content (AvgIpc) is 2.53. The van der Waals surface area contributed by atoms with Crippen molar-refractivity contribution in [2.75, 3.05) is 0 Å². The first-order chi connectivity index (χ1) is 10.6. The van der Waals surface area contributed by atoms with E-state index in [1.165, 1.54) is 4.90 Å². The number of carbonyl (C=O) groups is 2. The molecule has 0 aliphatic carbocycles. The van der Waals surface area contributed by atoms with Gasteiger partial charge in [-0.25, -0.2) is 4.79 Å². The summed E-state index contributed by atoms with van der Waals surface area (Å²) in [6, 6.07) is 16.0. The number of hydrogen-bond acceptors (Lipinski definition) is 3. The summed E-state index contributed by atoms with van der Waals surface area (Å²) in [5.74, 6) is -0.00753. The minimum absolute atomic E-state index is 0.315. The van der Waals surface area contributed by atoms with Crippen LogP contribution < -0.4 is 10.5 Å². The van der Waals surface area contributed by atoms with Crippen LogP contribution in [0.2, 0.25) is 0 Å². The van der Waals surface area contributed by atoms with E-state index in [9.17, 15) is 9.59 Å². The molecule has 0 saturated carbocycles. The molecule has 22 heavy (non-hydrogen) atoms. The van der Waals surface area contributed by atoms with E-state index in [1.807, 2.05) is 42.5 Å². The Bertz CT molecular complexity index is 700. The summed E-state index contributed by atoms with van der Waals surface area (Å²) >= 11 is 0. The van der Waals surface area contributed by atoms with E-state index in [0.29, 0.717) is 18.7 Å². The number of nitrogens with two attached hydrogens (primary N) is 1. The molecule has 0 fully saturated rings. The number of primary amides is 1. The highest BCUT2D eigenvalue weighted by Crippen LogP contribution is 2.27. The van der Waals surface area contributed by atoms with Crippen LogP contribution in [-0.4, -0.2) is 22.9 Å². The van der Waals surface area contributed by atoms with Crippen molar-refractivity contribution in [3.05, 3.63) is 65.7 Å². The van der Waals surface area contributed by atoms with Gasteiger partial charge in [-0.3, -0.25) is 9.69 Å². The number of fused-ring (bicyclic) bond motifs is 1. The molecule has 1 atom stereocenters. The van der Waals surface area contributed by atoms with Gasteiger partial charge in [-0.2, -0.15) is 0 Å². The lowest BCUT2D eigenvalue weighted by molar-refractivity contribution is -0.122. The van der Waals surface area contributed by atoms with Crippen LogP contribution in [0.3, 0.4) is 0 Å². The van der Waals surface area contributed by atoms with Crippen LogP contribution in [0, 0.1) is 0 Å². The Balaban J connectivity index is 1.86. The predicted octanol–water partition coefficient (Wildman–Crippen LogP) is 2.10. The topological polar surface area (TPSA) is 72.6 Å². The molecule has 0 saturated heterocycles. The summed E-state index contributed by atoms with van der Waals surface area (Å²) in [6.45, 7) is 0.315. The van der Waals surface area contributed by atoms with E-state index < -0.39 is 18.0 Å². The number of ether oxygens (including phenoxy) is 1. The normalized spacial score (nSPS) is 14.9. The lowest BCUT2D eigenvalue weighted by atomic mass is 10.0. The van der Waals surface area contributed by atoms with Gasteiger partial charge < -0.3 is 10.5 Å². The monoisotopic (exact) mass is 296 g/mol. The van der Waals surface area contributed by atoms with E-state index in [-0.39, 0.29) is 0 Å². The molecule has 2 amide bonds. The molecule has 0 bridgehead atoms. The number of carbonyl (C=O) groups excluding carboxylic acids is 2. The molecule has 1 unspecified atom stereocenters. The molecule has 1 aliphatic rings. The van der Waals surface area contributed by atoms with Crippen molar-refractivity contribution in [3.8, 4) is 5.75 Å². The van der Waals surface area contributed by atoms with Gasteiger partial charge in [0.05, 0.1) is 6.54 Å². The van der Waals surface area contributed by atoms with E-state index in [4.69, 9.17) is 10.5 Å². The van der Waals surface area contributed by atoms with Crippen LogP contribution in [0.1, 0.15) is 11.1 Å². The maximum absolute atomic E-state index is 12.2. The maximum atomic E-state index is 12.2. The molecule has 3 rings (SSSR count). The number of nitrogens with zero attached hydrogens (tertiary/aromatic N) is 1. The van der Waals surface area contributed by atoms with Crippen molar-refractivity contribution < 1.29 is 14.3 Å². The second-order valence-electron chi connectivity index (χ2n) is 5.21. The second-order valence-corrected chi connectivity index (χ2v) is 5.21. The summed E-state index contributed by atoms with van der Waals surface area (Å²) in [6.07, 6.45) is -0.175. The predicted molar refractivity (Wildman–Crippen MR) is 81.1 cm³/mol. The summed E-state index contributed by atoms with van der Waals surface area (Å²) in [4.78, 5) is 25.4. The highest BCUT2D eigenvalue weighted by Gasteiger charge is 2.33. The van der Waals surface area contributed by atoms with Crippen LogP contribution >= 0.6 is 0 Å². The zero-order valence-electron chi connectivity index (χ0n) is 11.9. The molecule has 2 N–H and O–H groups in total. The van der Waals surface area contributed by atoms with Gasteiger partial charge in [0.1, 0.15) is 11.8 Å². The van der Waals surface area contributed by atoms with E-state index in [1.54, 1.807) is 12.1 Å². The second kappa shape index (κ2) is 5.89. The summed E-state index contributed by atoms with van der Waals surface area (Å²) in [5, 5.41) is 0. The van der Waals surface area contributed by atoms with Crippen molar-refractivity contribution >= 4 is 12.0 Å². The Morgan fingerprint density at radius 2 is 1.82 bits per heavy atom. The van der Waals surface area contributed by atoms with Crippen LogP contribution in [-0.2, 0) is 17.8 Å². The Kier molecular flexibility index (Phi) is 3.78. The fourth-order valence-corrected chi connectivity index (χ4v) is 2.57. The van der Waals surface area contributed by atoms with Gasteiger partial charge in [-0.1, -0.05) is 48.5 Å². The third kappa shape index (κ3) is 2.79. The first kappa shape index (κ1) is 14.1. The Morgan fingerprint density at radius 3 is 2.55 bits per heavy atom. The molecule has 5 heteroatoms. The number of benzene rings is 2. The Hall–Kier alpha value is -2.82. The lowest BCUT2D eigenvalue weighted by Crippen LogP contribution is -2.51. The van der Waals surface area contributed by atoms with Gasteiger partial charge in [0.25, 0.3) is 0 Å². The molecule has 5 nitrogen and oxygen atoms in total. The van der Waals surface area contributed by atoms with Crippen LogP contribution in [0.5, 0.6) is 5.75 Å². The number of hydrogen-bond donors (Lipinski definition) is 1. The third-order valence-electron chi connectivity index (χ3n) is 3.72. The number of amides is 2. The fourth-order valence-electron chi connectivity index (χ4n) is 2.57. The summed E-state index contributed by atoms with van der Waals surface area (Å²) in [5.41, 5.74) is 7.31. The lowest BCUT2D eigenvalue weighted by Gasteiger charge is -2.33. The SMILES string of the molecule is NC(=O)C(Cc1ccccc1)N1Cc2ccccc2OC1=O. The molecule has 0 spiro atoms.